The number of benzene rings is 2. The van der Waals surface area contributed by atoms with Crippen molar-refractivity contribution >= 4 is 17.3 Å². The van der Waals surface area contributed by atoms with Gasteiger partial charge in [0.1, 0.15) is 5.75 Å². The molecule has 0 spiro atoms. The first kappa shape index (κ1) is 19.8. The van der Waals surface area contributed by atoms with Gasteiger partial charge in [0.2, 0.25) is 5.91 Å². The number of nitrogens with zero attached hydrogens (tertiary/aromatic N) is 1. The Balaban J connectivity index is 1.75. The van der Waals surface area contributed by atoms with E-state index in [4.69, 9.17) is 4.74 Å². The van der Waals surface area contributed by atoms with E-state index in [1.807, 2.05) is 48.5 Å². The Labute approximate surface area is 156 Å². The zero-order valence-electron chi connectivity index (χ0n) is 15.9. The van der Waals surface area contributed by atoms with E-state index in [0.29, 0.717) is 6.54 Å². The van der Waals surface area contributed by atoms with Gasteiger partial charge < -0.3 is 20.3 Å². The fourth-order valence-corrected chi connectivity index (χ4v) is 2.88. The summed E-state index contributed by atoms with van der Waals surface area (Å²) in [6, 6.07) is 15.9. The third kappa shape index (κ3) is 5.77. The van der Waals surface area contributed by atoms with Crippen LogP contribution in [0.15, 0.2) is 48.5 Å². The number of ether oxygens (including phenoxy) is 1. The van der Waals surface area contributed by atoms with Crippen molar-refractivity contribution in [2.45, 2.75) is 20.3 Å². The van der Waals surface area contributed by atoms with Gasteiger partial charge in [-0.2, -0.15) is 0 Å². The summed E-state index contributed by atoms with van der Waals surface area (Å²) in [5, 5.41) is 6.10. The number of hydrogen-bond donors (Lipinski definition) is 2. The van der Waals surface area contributed by atoms with Crippen molar-refractivity contribution in [3.63, 3.8) is 0 Å². The van der Waals surface area contributed by atoms with Gasteiger partial charge >= 0.3 is 0 Å². The summed E-state index contributed by atoms with van der Waals surface area (Å²) in [6.07, 6.45) is 0.815. The maximum Gasteiger partial charge on any atom is 0.238 e. The second kappa shape index (κ2) is 10.5. The Morgan fingerprint density at radius 1 is 1.04 bits per heavy atom. The fourth-order valence-electron chi connectivity index (χ4n) is 2.88. The van der Waals surface area contributed by atoms with Gasteiger partial charge in [0.25, 0.3) is 0 Å². The lowest BCUT2D eigenvalue weighted by atomic mass is 10.1. The molecule has 2 rings (SSSR count). The lowest BCUT2D eigenvalue weighted by Crippen LogP contribution is -2.29. The maximum atomic E-state index is 12.1. The van der Waals surface area contributed by atoms with Gasteiger partial charge in [0, 0.05) is 24.5 Å². The molecule has 5 nitrogen and oxygen atoms in total. The number of para-hydroxylation sites is 1. The second-order valence-electron chi connectivity index (χ2n) is 6.01. The Hall–Kier alpha value is -2.53. The lowest BCUT2D eigenvalue weighted by molar-refractivity contribution is -0.115. The highest BCUT2D eigenvalue weighted by Crippen LogP contribution is 2.18. The molecule has 26 heavy (non-hydrogen) atoms. The van der Waals surface area contributed by atoms with E-state index in [9.17, 15) is 4.79 Å². The number of amides is 1. The third-order valence-corrected chi connectivity index (χ3v) is 4.33. The van der Waals surface area contributed by atoms with Crippen LogP contribution in [0.1, 0.15) is 19.4 Å². The van der Waals surface area contributed by atoms with E-state index in [0.717, 1.165) is 36.5 Å². The highest BCUT2D eigenvalue weighted by molar-refractivity contribution is 5.92. The minimum absolute atomic E-state index is 0.0411. The molecule has 0 fully saturated rings. The Bertz CT molecular complexity index is 682. The summed E-state index contributed by atoms with van der Waals surface area (Å²) >= 11 is 0. The predicted molar refractivity (Wildman–Crippen MR) is 108 cm³/mol. The molecule has 5 heteroatoms. The first-order chi connectivity index (χ1) is 12.7. The fraction of sp³-hybridized carbons (Fsp3) is 0.381. The molecule has 0 aliphatic carbocycles. The van der Waals surface area contributed by atoms with Crippen molar-refractivity contribution in [3.8, 4) is 5.75 Å². The van der Waals surface area contributed by atoms with Gasteiger partial charge in [-0.1, -0.05) is 18.2 Å². The summed E-state index contributed by atoms with van der Waals surface area (Å²) in [4.78, 5) is 14.3. The number of carbonyl (C=O) groups is 1. The minimum atomic E-state index is -0.0411. The Morgan fingerprint density at radius 3 is 2.38 bits per heavy atom. The summed E-state index contributed by atoms with van der Waals surface area (Å²) in [5.41, 5.74) is 3.12. The monoisotopic (exact) mass is 355 g/mol. The number of hydrogen-bond acceptors (Lipinski definition) is 4. The second-order valence-corrected chi connectivity index (χ2v) is 6.01. The molecule has 0 unspecified atom stereocenters. The zero-order chi connectivity index (χ0) is 18.8. The lowest BCUT2D eigenvalue weighted by Gasteiger charge is -2.21. The molecule has 0 radical (unpaired) electrons. The van der Waals surface area contributed by atoms with Crippen molar-refractivity contribution in [2.75, 3.05) is 43.5 Å². The topological polar surface area (TPSA) is 53.6 Å². The molecule has 0 saturated heterocycles. The molecular weight excluding hydrogens is 326 g/mol. The maximum absolute atomic E-state index is 12.1. The average Bonchev–Trinajstić information content (AvgIpc) is 2.68. The van der Waals surface area contributed by atoms with Crippen LogP contribution in [-0.4, -0.2) is 39.2 Å². The van der Waals surface area contributed by atoms with Crippen molar-refractivity contribution in [1.82, 2.24) is 5.32 Å². The highest BCUT2D eigenvalue weighted by atomic mass is 16.5. The molecule has 0 heterocycles. The number of anilines is 2. The number of carbonyl (C=O) groups excluding carboxylic acids is 1. The van der Waals surface area contributed by atoms with Crippen molar-refractivity contribution in [1.29, 1.82) is 0 Å². The number of rotatable bonds is 10. The highest BCUT2D eigenvalue weighted by Gasteiger charge is 2.05. The van der Waals surface area contributed by atoms with E-state index in [2.05, 4.69) is 29.4 Å². The van der Waals surface area contributed by atoms with Crippen molar-refractivity contribution < 1.29 is 9.53 Å². The SMILES string of the molecule is CCN(CC)c1ccc(NC(=O)CNCCc2ccccc2OC)cc1. The van der Waals surface area contributed by atoms with Crippen LogP contribution in [0, 0.1) is 0 Å². The molecule has 2 aromatic carbocycles. The Morgan fingerprint density at radius 2 is 1.73 bits per heavy atom. The van der Waals surface area contributed by atoms with Crippen LogP contribution in [0.4, 0.5) is 11.4 Å². The quantitative estimate of drug-likeness (QED) is 0.642. The van der Waals surface area contributed by atoms with Gasteiger partial charge in [-0.25, -0.2) is 0 Å². The average molecular weight is 355 g/mol. The molecule has 0 aromatic heterocycles. The summed E-state index contributed by atoms with van der Waals surface area (Å²) in [7, 11) is 1.67. The number of methoxy groups -OCH3 is 1. The van der Waals surface area contributed by atoms with Gasteiger partial charge in [-0.15, -0.1) is 0 Å². The van der Waals surface area contributed by atoms with Crippen LogP contribution in [-0.2, 0) is 11.2 Å². The normalized spacial score (nSPS) is 10.4. The molecule has 140 valence electrons. The van der Waals surface area contributed by atoms with E-state index in [1.165, 1.54) is 5.69 Å². The van der Waals surface area contributed by atoms with Crippen molar-refractivity contribution in [3.05, 3.63) is 54.1 Å². The molecule has 0 aliphatic heterocycles. The van der Waals surface area contributed by atoms with Crippen LogP contribution in [0.5, 0.6) is 5.75 Å². The van der Waals surface area contributed by atoms with Gasteiger partial charge in [0.15, 0.2) is 0 Å². The van der Waals surface area contributed by atoms with Crippen LogP contribution in [0.25, 0.3) is 0 Å². The van der Waals surface area contributed by atoms with Crippen LogP contribution >= 0.6 is 0 Å². The molecule has 0 bridgehead atoms. The van der Waals surface area contributed by atoms with E-state index in [-0.39, 0.29) is 12.5 Å². The first-order valence-electron chi connectivity index (χ1n) is 9.15. The third-order valence-electron chi connectivity index (χ3n) is 4.33. The zero-order valence-corrected chi connectivity index (χ0v) is 15.9. The summed E-state index contributed by atoms with van der Waals surface area (Å²) in [5.74, 6) is 0.840. The van der Waals surface area contributed by atoms with Gasteiger partial charge in [-0.3, -0.25) is 4.79 Å². The standard InChI is InChI=1S/C21H29N3O2/c1-4-24(5-2)19-12-10-18(11-13-19)23-21(25)16-22-15-14-17-8-6-7-9-20(17)26-3/h6-13,22H,4-5,14-16H2,1-3H3,(H,23,25). The summed E-state index contributed by atoms with van der Waals surface area (Å²) in [6.45, 7) is 7.21. The molecule has 0 aliphatic rings. The molecular formula is C21H29N3O2. The van der Waals surface area contributed by atoms with Gasteiger partial charge in [-0.05, 0) is 62.7 Å². The first-order valence-corrected chi connectivity index (χ1v) is 9.15. The molecule has 2 aromatic rings. The van der Waals surface area contributed by atoms with Crippen LogP contribution < -0.4 is 20.3 Å². The van der Waals surface area contributed by atoms with E-state index < -0.39 is 0 Å². The van der Waals surface area contributed by atoms with Gasteiger partial charge in [0.05, 0.1) is 13.7 Å². The van der Waals surface area contributed by atoms with Crippen LogP contribution in [0.3, 0.4) is 0 Å². The molecule has 0 saturated carbocycles. The predicted octanol–water partition coefficient (Wildman–Crippen LogP) is 3.31. The van der Waals surface area contributed by atoms with E-state index >= 15 is 0 Å². The largest absolute Gasteiger partial charge is 0.496 e. The molecule has 2 N–H and O–H groups in total. The minimum Gasteiger partial charge on any atom is -0.496 e. The number of nitrogens with one attached hydrogen (secondary N) is 2. The molecule has 1 amide bonds. The van der Waals surface area contributed by atoms with E-state index in [1.54, 1.807) is 7.11 Å². The van der Waals surface area contributed by atoms with Crippen LogP contribution in [0.2, 0.25) is 0 Å². The smallest absolute Gasteiger partial charge is 0.238 e. The molecule has 0 atom stereocenters. The summed E-state index contributed by atoms with van der Waals surface area (Å²) < 4.78 is 5.33. The van der Waals surface area contributed by atoms with Crippen molar-refractivity contribution in [2.24, 2.45) is 0 Å². The Kier molecular flexibility index (Phi) is 7.96.